The van der Waals surface area contributed by atoms with Gasteiger partial charge in [-0.3, -0.25) is 0 Å². The monoisotopic (exact) mass is 382 g/mol. The van der Waals surface area contributed by atoms with Crippen molar-refractivity contribution in [3.8, 4) is 11.8 Å². The van der Waals surface area contributed by atoms with E-state index in [4.69, 9.17) is 0 Å². The predicted octanol–water partition coefficient (Wildman–Crippen LogP) is 6.61. The van der Waals surface area contributed by atoms with Crippen molar-refractivity contribution in [1.82, 2.24) is 0 Å². The lowest BCUT2D eigenvalue weighted by Gasteiger charge is -2.03. The lowest BCUT2D eigenvalue weighted by molar-refractivity contribution is 0.517. The topological polar surface area (TPSA) is 0 Å². The van der Waals surface area contributed by atoms with Gasteiger partial charge in [-0.2, -0.15) is 0 Å². The van der Waals surface area contributed by atoms with Crippen LogP contribution < -0.4 is 0 Å². The van der Waals surface area contributed by atoms with Crippen LogP contribution in [0.15, 0.2) is 78.9 Å². The van der Waals surface area contributed by atoms with Crippen LogP contribution in [-0.4, -0.2) is 0 Å². The van der Waals surface area contributed by atoms with Gasteiger partial charge in [-0.25, -0.2) is 8.78 Å². The van der Waals surface area contributed by atoms with Crippen molar-refractivity contribution in [3.63, 3.8) is 0 Å². The van der Waals surface area contributed by atoms with Crippen molar-refractivity contribution in [2.45, 2.75) is 19.8 Å². The maximum absolute atomic E-state index is 13.8. The average Bonchev–Trinajstić information content (AvgIpc) is 2.75. The summed E-state index contributed by atoms with van der Waals surface area (Å²) in [5, 5.41) is 0.913. The lowest BCUT2D eigenvalue weighted by atomic mass is 10.0. The molecule has 0 saturated carbocycles. The van der Waals surface area contributed by atoms with Gasteiger partial charge in [0.25, 0.3) is 0 Å². The van der Waals surface area contributed by atoms with Gasteiger partial charge >= 0.3 is 0 Å². The van der Waals surface area contributed by atoms with Crippen LogP contribution >= 0.6 is 0 Å². The molecule has 0 aliphatic carbocycles. The molecule has 0 aliphatic heterocycles. The number of benzene rings is 4. The van der Waals surface area contributed by atoms with Gasteiger partial charge < -0.3 is 0 Å². The summed E-state index contributed by atoms with van der Waals surface area (Å²) in [7, 11) is 0. The van der Waals surface area contributed by atoms with Crippen LogP contribution in [-0.2, 0) is 12.8 Å². The van der Waals surface area contributed by atoms with Gasteiger partial charge in [-0.15, -0.1) is 0 Å². The third-order valence-electron chi connectivity index (χ3n) is 5.04. The van der Waals surface area contributed by atoms with Crippen LogP contribution in [0, 0.1) is 30.4 Å². The Balaban J connectivity index is 1.45. The van der Waals surface area contributed by atoms with Gasteiger partial charge in [0.2, 0.25) is 0 Å². The Morgan fingerprint density at radius 1 is 0.655 bits per heavy atom. The maximum atomic E-state index is 13.8. The lowest BCUT2D eigenvalue weighted by Crippen LogP contribution is -1.91. The molecule has 0 aromatic heterocycles. The summed E-state index contributed by atoms with van der Waals surface area (Å²) >= 11 is 0. The van der Waals surface area contributed by atoms with E-state index in [2.05, 4.69) is 55.2 Å². The molecule has 0 N–H and O–H groups in total. The molecule has 0 radical (unpaired) electrons. The zero-order chi connectivity index (χ0) is 20.2. The molecule has 4 aromatic carbocycles. The fourth-order valence-electron chi connectivity index (χ4n) is 3.29. The van der Waals surface area contributed by atoms with E-state index in [1.165, 1.54) is 16.7 Å². The van der Waals surface area contributed by atoms with E-state index in [0.717, 1.165) is 30.0 Å². The molecule has 0 spiro atoms. The second kappa shape index (κ2) is 8.29. The van der Waals surface area contributed by atoms with E-state index in [0.29, 0.717) is 5.39 Å². The highest BCUT2D eigenvalue weighted by Crippen LogP contribution is 2.21. The minimum Gasteiger partial charge on any atom is -0.204 e. The van der Waals surface area contributed by atoms with Crippen LogP contribution in [0.3, 0.4) is 0 Å². The fourth-order valence-corrected chi connectivity index (χ4v) is 3.29. The molecule has 142 valence electrons. The van der Waals surface area contributed by atoms with E-state index in [1.54, 1.807) is 24.3 Å². The predicted molar refractivity (Wildman–Crippen MR) is 115 cm³/mol. The largest absolute Gasteiger partial charge is 0.204 e. The average molecular weight is 382 g/mol. The number of hydrogen-bond acceptors (Lipinski definition) is 0. The van der Waals surface area contributed by atoms with Crippen LogP contribution in [0.5, 0.6) is 0 Å². The van der Waals surface area contributed by atoms with E-state index in [-0.39, 0.29) is 5.39 Å². The summed E-state index contributed by atoms with van der Waals surface area (Å²) < 4.78 is 27.1. The molecule has 0 fully saturated rings. The quantitative estimate of drug-likeness (QED) is 0.350. The van der Waals surface area contributed by atoms with Crippen molar-refractivity contribution < 1.29 is 8.78 Å². The first-order valence-electron chi connectivity index (χ1n) is 9.63. The van der Waals surface area contributed by atoms with Crippen molar-refractivity contribution in [3.05, 3.63) is 118 Å². The molecule has 0 amide bonds. The highest BCUT2D eigenvalue weighted by Gasteiger charge is 2.06. The van der Waals surface area contributed by atoms with E-state index >= 15 is 0 Å². The molecule has 0 unspecified atom stereocenters. The number of aryl methyl sites for hydroxylation is 3. The third kappa shape index (κ3) is 4.52. The summed E-state index contributed by atoms with van der Waals surface area (Å²) in [5.41, 5.74) is 5.59. The Morgan fingerprint density at radius 3 is 1.93 bits per heavy atom. The van der Waals surface area contributed by atoms with Crippen molar-refractivity contribution >= 4 is 10.8 Å². The van der Waals surface area contributed by atoms with Crippen molar-refractivity contribution in [1.29, 1.82) is 0 Å². The first-order valence-corrected chi connectivity index (χ1v) is 9.63. The van der Waals surface area contributed by atoms with Crippen LogP contribution in [0.25, 0.3) is 10.8 Å². The number of hydrogen-bond donors (Lipinski definition) is 0. The summed E-state index contributed by atoms with van der Waals surface area (Å²) in [6.45, 7) is 2.10. The second-order valence-corrected chi connectivity index (χ2v) is 7.23. The van der Waals surface area contributed by atoms with Gasteiger partial charge in [-0.1, -0.05) is 65.9 Å². The van der Waals surface area contributed by atoms with Crippen LogP contribution in [0.1, 0.15) is 27.8 Å². The molecular weight excluding hydrogens is 362 g/mol. The number of rotatable bonds is 3. The highest BCUT2D eigenvalue weighted by molar-refractivity contribution is 5.84. The zero-order valence-corrected chi connectivity index (χ0v) is 16.2. The summed E-state index contributed by atoms with van der Waals surface area (Å²) in [4.78, 5) is 0. The Kier molecular flexibility index (Phi) is 5.40. The first-order chi connectivity index (χ1) is 14.1. The molecule has 4 rings (SSSR count). The molecule has 2 heteroatoms. The summed E-state index contributed by atoms with van der Waals surface area (Å²) in [6.07, 6.45) is 2.00. The third-order valence-corrected chi connectivity index (χ3v) is 5.04. The van der Waals surface area contributed by atoms with Crippen LogP contribution in [0.4, 0.5) is 8.78 Å². The molecule has 0 nitrogen and oxygen atoms in total. The molecule has 0 heterocycles. The second-order valence-electron chi connectivity index (χ2n) is 7.23. The molecule has 0 saturated heterocycles. The van der Waals surface area contributed by atoms with E-state index < -0.39 is 11.6 Å². The van der Waals surface area contributed by atoms with Gasteiger partial charge in [0.05, 0.1) is 0 Å². The molecular formula is C27H20F2. The molecule has 0 aliphatic rings. The zero-order valence-electron chi connectivity index (χ0n) is 16.2. The Hall–Kier alpha value is -3.44. The Morgan fingerprint density at radius 2 is 1.24 bits per heavy atom. The smallest absolute Gasteiger partial charge is 0.166 e. The normalized spacial score (nSPS) is 10.6. The van der Waals surface area contributed by atoms with Gasteiger partial charge in [0.15, 0.2) is 11.6 Å². The SMILES string of the molecule is Cc1ccc(CCc2ccc(C#Cc3ccc4c(F)c(F)ccc4c3)cc2)cc1. The minimum absolute atomic E-state index is 0.272. The van der Waals surface area contributed by atoms with Gasteiger partial charge in [-0.05, 0) is 66.6 Å². The first kappa shape index (κ1) is 18.9. The Labute approximate surface area is 169 Å². The highest BCUT2D eigenvalue weighted by atomic mass is 19.2. The standard InChI is InChI=1S/C27H20F2/c1-19-2-4-20(5-3-19)6-7-21-8-10-22(11-9-21)12-13-23-14-16-25-24(18-23)15-17-26(28)27(25)29/h2-5,8-11,14-18H,6-7H2,1H3. The van der Waals surface area contributed by atoms with Crippen molar-refractivity contribution in [2.75, 3.05) is 0 Å². The van der Waals surface area contributed by atoms with Crippen molar-refractivity contribution in [2.24, 2.45) is 0 Å². The van der Waals surface area contributed by atoms with Gasteiger partial charge in [0, 0.05) is 16.5 Å². The number of halogens is 2. The van der Waals surface area contributed by atoms with Crippen LogP contribution in [0.2, 0.25) is 0 Å². The Bertz CT molecular complexity index is 1210. The molecule has 0 bridgehead atoms. The fraction of sp³-hybridized carbons (Fsp3) is 0.111. The summed E-state index contributed by atoms with van der Waals surface area (Å²) in [6, 6.07) is 24.7. The molecule has 0 atom stereocenters. The molecule has 4 aromatic rings. The number of fused-ring (bicyclic) bond motifs is 1. The van der Waals surface area contributed by atoms with E-state index in [1.807, 2.05) is 12.1 Å². The summed E-state index contributed by atoms with van der Waals surface area (Å²) in [5.74, 6) is 4.59. The van der Waals surface area contributed by atoms with Gasteiger partial charge in [0.1, 0.15) is 0 Å². The maximum Gasteiger partial charge on any atom is 0.166 e. The molecule has 29 heavy (non-hydrogen) atoms. The van der Waals surface area contributed by atoms with E-state index in [9.17, 15) is 8.78 Å². The minimum atomic E-state index is -0.834.